The van der Waals surface area contributed by atoms with Crippen molar-refractivity contribution in [3.63, 3.8) is 0 Å². The van der Waals surface area contributed by atoms with Gasteiger partial charge in [0.1, 0.15) is 15.6 Å². The summed E-state index contributed by atoms with van der Waals surface area (Å²) in [6.45, 7) is 3.86. The summed E-state index contributed by atoms with van der Waals surface area (Å²) in [5.74, 6) is 0.723. The lowest BCUT2D eigenvalue weighted by molar-refractivity contribution is 0.0944. The van der Waals surface area contributed by atoms with Crippen LogP contribution in [-0.2, 0) is 0 Å². The van der Waals surface area contributed by atoms with Gasteiger partial charge in [-0.3, -0.25) is 4.79 Å². The van der Waals surface area contributed by atoms with E-state index in [-0.39, 0.29) is 11.9 Å². The highest BCUT2D eigenvalue weighted by molar-refractivity contribution is 7.17. The Morgan fingerprint density at radius 1 is 1.25 bits per heavy atom. The van der Waals surface area contributed by atoms with Crippen molar-refractivity contribution >= 4 is 28.6 Å². The third-order valence-corrected chi connectivity index (χ3v) is 5.92. The largest absolute Gasteiger partial charge is 0.497 e. The molecule has 0 aliphatic rings. The smallest absolute Gasteiger partial charge is 0.263 e. The SMILES string of the molecule is COc1ccc(-c2nc(C)c(C(=O)NC(C)c3cccs3)s2)cc1. The molecule has 124 valence electrons. The zero-order valence-corrected chi connectivity index (χ0v) is 15.3. The zero-order chi connectivity index (χ0) is 17.1. The van der Waals surface area contributed by atoms with Crippen molar-refractivity contribution in [1.29, 1.82) is 0 Å². The first kappa shape index (κ1) is 16.7. The Kier molecular flexibility index (Phi) is 4.97. The van der Waals surface area contributed by atoms with Crippen LogP contribution in [0, 0.1) is 6.92 Å². The number of nitrogens with zero attached hydrogens (tertiary/aromatic N) is 1. The molecule has 0 saturated carbocycles. The second kappa shape index (κ2) is 7.15. The van der Waals surface area contributed by atoms with Crippen LogP contribution in [0.4, 0.5) is 0 Å². The molecule has 1 unspecified atom stereocenters. The van der Waals surface area contributed by atoms with E-state index in [1.54, 1.807) is 18.4 Å². The number of amides is 1. The molecule has 24 heavy (non-hydrogen) atoms. The van der Waals surface area contributed by atoms with Crippen LogP contribution in [0.25, 0.3) is 10.6 Å². The number of aromatic nitrogens is 1. The first-order chi connectivity index (χ1) is 11.6. The van der Waals surface area contributed by atoms with Crippen LogP contribution in [0.1, 0.15) is 33.2 Å². The minimum atomic E-state index is -0.0781. The van der Waals surface area contributed by atoms with E-state index in [4.69, 9.17) is 4.74 Å². The van der Waals surface area contributed by atoms with Gasteiger partial charge >= 0.3 is 0 Å². The van der Waals surface area contributed by atoms with Gasteiger partial charge in [0.05, 0.1) is 18.8 Å². The third-order valence-electron chi connectivity index (χ3n) is 3.66. The number of thiophene rings is 1. The first-order valence-electron chi connectivity index (χ1n) is 7.54. The molecule has 0 aliphatic heterocycles. The Morgan fingerprint density at radius 2 is 2.00 bits per heavy atom. The molecule has 4 nitrogen and oxygen atoms in total. The standard InChI is InChI=1S/C18H18N2O2S2/c1-11(15-5-4-10-23-15)19-17(21)16-12(2)20-18(24-16)13-6-8-14(22-3)9-7-13/h4-11H,1-3H3,(H,19,21). The average molecular weight is 358 g/mol. The highest BCUT2D eigenvalue weighted by atomic mass is 32.1. The van der Waals surface area contributed by atoms with E-state index in [1.165, 1.54) is 11.3 Å². The number of ether oxygens (including phenoxy) is 1. The summed E-state index contributed by atoms with van der Waals surface area (Å²) in [5.41, 5.74) is 1.73. The number of hydrogen-bond acceptors (Lipinski definition) is 5. The lowest BCUT2D eigenvalue weighted by Crippen LogP contribution is -2.25. The maximum Gasteiger partial charge on any atom is 0.263 e. The number of aryl methyl sites for hydroxylation is 1. The molecule has 0 saturated heterocycles. The van der Waals surface area contributed by atoms with Gasteiger partial charge in [0.2, 0.25) is 0 Å². The van der Waals surface area contributed by atoms with Crippen molar-refractivity contribution in [2.75, 3.05) is 7.11 Å². The van der Waals surface area contributed by atoms with E-state index < -0.39 is 0 Å². The maximum absolute atomic E-state index is 12.6. The molecular weight excluding hydrogens is 340 g/mol. The molecular formula is C18H18N2O2S2. The Morgan fingerprint density at radius 3 is 2.62 bits per heavy atom. The molecule has 0 fully saturated rings. The molecule has 1 aromatic carbocycles. The van der Waals surface area contributed by atoms with Crippen molar-refractivity contribution in [2.45, 2.75) is 19.9 Å². The summed E-state index contributed by atoms with van der Waals surface area (Å²) < 4.78 is 5.17. The van der Waals surface area contributed by atoms with E-state index in [0.717, 1.165) is 26.9 Å². The predicted octanol–water partition coefficient (Wildman–Crippen LogP) is 4.68. The summed E-state index contributed by atoms with van der Waals surface area (Å²) in [7, 11) is 1.64. The van der Waals surface area contributed by atoms with Gasteiger partial charge in [-0.25, -0.2) is 4.98 Å². The molecule has 0 radical (unpaired) electrons. The van der Waals surface area contributed by atoms with E-state index in [0.29, 0.717) is 4.88 Å². The number of methoxy groups -OCH3 is 1. The minimum Gasteiger partial charge on any atom is -0.497 e. The molecule has 6 heteroatoms. The van der Waals surface area contributed by atoms with E-state index >= 15 is 0 Å². The lowest BCUT2D eigenvalue weighted by Gasteiger charge is -2.11. The molecule has 0 aliphatic carbocycles. The Bertz CT molecular complexity index is 823. The Balaban J connectivity index is 1.79. The lowest BCUT2D eigenvalue weighted by atomic mass is 10.2. The summed E-state index contributed by atoms with van der Waals surface area (Å²) in [6.07, 6.45) is 0. The highest BCUT2D eigenvalue weighted by Gasteiger charge is 2.18. The fourth-order valence-corrected chi connectivity index (χ4v) is 4.04. The number of carbonyl (C=O) groups excluding carboxylic acids is 1. The number of benzene rings is 1. The van der Waals surface area contributed by atoms with E-state index in [2.05, 4.69) is 10.3 Å². The highest BCUT2D eigenvalue weighted by Crippen LogP contribution is 2.29. The monoisotopic (exact) mass is 358 g/mol. The summed E-state index contributed by atoms with van der Waals surface area (Å²) in [5, 5.41) is 5.89. The fraction of sp³-hybridized carbons (Fsp3) is 0.222. The predicted molar refractivity (Wildman–Crippen MR) is 99.0 cm³/mol. The van der Waals surface area contributed by atoms with Crippen molar-refractivity contribution in [3.8, 4) is 16.3 Å². The molecule has 1 amide bonds. The van der Waals surface area contributed by atoms with Crippen LogP contribution in [0.5, 0.6) is 5.75 Å². The van der Waals surface area contributed by atoms with E-state index in [1.807, 2.05) is 55.6 Å². The van der Waals surface area contributed by atoms with Crippen molar-refractivity contribution < 1.29 is 9.53 Å². The Labute approximate surface area is 149 Å². The molecule has 2 heterocycles. The van der Waals surface area contributed by atoms with Crippen LogP contribution < -0.4 is 10.1 Å². The molecule has 0 spiro atoms. The van der Waals surface area contributed by atoms with Crippen molar-refractivity contribution in [3.05, 3.63) is 57.2 Å². The minimum absolute atomic E-state index is 0.0107. The third kappa shape index (κ3) is 3.49. The molecule has 3 rings (SSSR count). The number of rotatable bonds is 5. The van der Waals surface area contributed by atoms with Crippen LogP contribution in [0.3, 0.4) is 0 Å². The van der Waals surface area contributed by atoms with Gasteiger partial charge < -0.3 is 10.1 Å². The van der Waals surface area contributed by atoms with Gasteiger partial charge in [0.15, 0.2) is 0 Å². The van der Waals surface area contributed by atoms with Crippen LogP contribution in [-0.4, -0.2) is 18.0 Å². The van der Waals surface area contributed by atoms with Crippen molar-refractivity contribution in [1.82, 2.24) is 10.3 Å². The number of thiazole rings is 1. The van der Waals surface area contributed by atoms with Gasteiger partial charge in [-0.1, -0.05) is 6.07 Å². The normalized spacial score (nSPS) is 12.0. The number of hydrogen-bond donors (Lipinski definition) is 1. The van der Waals surface area contributed by atoms with Gasteiger partial charge in [-0.05, 0) is 49.6 Å². The average Bonchev–Trinajstić information content (AvgIpc) is 3.24. The number of nitrogens with one attached hydrogen (secondary N) is 1. The summed E-state index contributed by atoms with van der Waals surface area (Å²) >= 11 is 3.05. The second-order valence-corrected chi connectivity index (χ2v) is 7.35. The molecule has 2 aromatic heterocycles. The van der Waals surface area contributed by atoms with Gasteiger partial charge in [0, 0.05) is 10.4 Å². The fourth-order valence-electron chi connectivity index (χ4n) is 2.34. The van der Waals surface area contributed by atoms with Crippen LogP contribution in [0.2, 0.25) is 0 Å². The molecule has 0 bridgehead atoms. The number of carbonyl (C=O) groups is 1. The van der Waals surface area contributed by atoms with Crippen LogP contribution in [0.15, 0.2) is 41.8 Å². The van der Waals surface area contributed by atoms with Gasteiger partial charge in [-0.2, -0.15) is 0 Å². The zero-order valence-electron chi connectivity index (χ0n) is 13.7. The molecule has 1 atom stereocenters. The quantitative estimate of drug-likeness (QED) is 0.720. The van der Waals surface area contributed by atoms with E-state index in [9.17, 15) is 4.79 Å². The summed E-state index contributed by atoms with van der Waals surface area (Å²) in [6, 6.07) is 11.7. The van der Waals surface area contributed by atoms with Gasteiger partial charge in [0.25, 0.3) is 5.91 Å². The molecule has 3 aromatic rings. The summed E-state index contributed by atoms with van der Waals surface area (Å²) in [4.78, 5) is 18.9. The maximum atomic E-state index is 12.6. The molecule has 1 N–H and O–H groups in total. The topological polar surface area (TPSA) is 51.2 Å². The first-order valence-corrected chi connectivity index (χ1v) is 9.24. The van der Waals surface area contributed by atoms with Gasteiger partial charge in [-0.15, -0.1) is 22.7 Å². The second-order valence-electron chi connectivity index (χ2n) is 5.37. The Hall–Kier alpha value is -2.18. The van der Waals surface area contributed by atoms with Crippen LogP contribution >= 0.6 is 22.7 Å². The van der Waals surface area contributed by atoms with Crippen molar-refractivity contribution in [2.24, 2.45) is 0 Å².